The zero-order valence-electron chi connectivity index (χ0n) is 9.69. The average Bonchev–Trinajstić information content (AvgIpc) is 2.18. The molecule has 0 atom stereocenters. The molecule has 0 bridgehead atoms. The highest BCUT2D eigenvalue weighted by molar-refractivity contribution is 5.63. The summed E-state index contributed by atoms with van der Waals surface area (Å²) in [7, 11) is 0. The lowest BCUT2D eigenvalue weighted by atomic mass is 9.91. The summed E-state index contributed by atoms with van der Waals surface area (Å²) in [5.74, 6) is 0.832. The molecular weight excluding hydrogens is 202 g/mol. The summed E-state index contributed by atoms with van der Waals surface area (Å²) in [6, 6.07) is 4.31. The number of nitrogens with zero attached hydrogens (tertiary/aromatic N) is 2. The van der Waals surface area contributed by atoms with Crippen molar-refractivity contribution in [2.75, 3.05) is 23.8 Å². The largest absolute Gasteiger partial charge is 0.396 e. The number of aromatic nitrogens is 1. The number of aliphatic hydroxyl groups excluding tert-OH is 1. The summed E-state index contributed by atoms with van der Waals surface area (Å²) in [4.78, 5) is 6.63. The lowest BCUT2D eigenvalue weighted by molar-refractivity contribution is 0.283. The number of pyridine rings is 1. The highest BCUT2D eigenvalue weighted by Crippen LogP contribution is 2.31. The van der Waals surface area contributed by atoms with Gasteiger partial charge in [0.25, 0.3) is 0 Å². The predicted molar refractivity (Wildman–Crippen MR) is 65.5 cm³/mol. The first kappa shape index (κ1) is 11.2. The molecule has 0 radical (unpaired) electrons. The van der Waals surface area contributed by atoms with Gasteiger partial charge in [-0.25, -0.2) is 4.98 Å². The zero-order chi connectivity index (χ0) is 11.5. The predicted octanol–water partition coefficient (Wildman–Crippen LogP) is 1.32. The van der Waals surface area contributed by atoms with Crippen LogP contribution in [0.5, 0.6) is 0 Å². The van der Waals surface area contributed by atoms with E-state index in [1.54, 1.807) is 0 Å². The Kier molecular flexibility index (Phi) is 3.29. The van der Waals surface area contributed by atoms with E-state index < -0.39 is 0 Å². The second-order valence-corrected chi connectivity index (χ2v) is 4.37. The van der Waals surface area contributed by atoms with Gasteiger partial charge in [-0.05, 0) is 38.3 Å². The first-order valence-corrected chi connectivity index (χ1v) is 5.83. The van der Waals surface area contributed by atoms with Gasteiger partial charge in [-0.2, -0.15) is 0 Å². The maximum Gasteiger partial charge on any atom is 0.152 e. The lowest BCUT2D eigenvalue weighted by Crippen LogP contribution is -2.42. The van der Waals surface area contributed by atoms with Gasteiger partial charge >= 0.3 is 0 Å². The Balaban J connectivity index is 2.25. The van der Waals surface area contributed by atoms with Crippen LogP contribution in [0.15, 0.2) is 12.1 Å². The molecule has 0 aromatic carbocycles. The molecule has 88 valence electrons. The second kappa shape index (κ2) is 4.70. The Hall–Kier alpha value is -1.29. The van der Waals surface area contributed by atoms with Gasteiger partial charge in [-0.3, -0.25) is 0 Å². The van der Waals surface area contributed by atoms with Gasteiger partial charge in [0, 0.05) is 18.3 Å². The topological polar surface area (TPSA) is 62.4 Å². The van der Waals surface area contributed by atoms with Crippen molar-refractivity contribution < 1.29 is 5.11 Å². The number of aliphatic hydroxyl groups is 1. The first-order chi connectivity index (χ1) is 7.72. The monoisotopic (exact) mass is 221 g/mol. The number of rotatable bonds is 4. The smallest absolute Gasteiger partial charge is 0.152 e. The summed E-state index contributed by atoms with van der Waals surface area (Å²) in [6.07, 6.45) is 3.61. The van der Waals surface area contributed by atoms with E-state index in [9.17, 15) is 0 Å². The Morgan fingerprint density at radius 2 is 2.25 bits per heavy atom. The maximum absolute atomic E-state index is 9.12. The highest BCUT2D eigenvalue weighted by Gasteiger charge is 2.26. The standard InChI is InChI=1S/C12H19N3O/c1-9-5-6-11(13)12(14-9)15(7-8-16)10-3-2-4-10/h5-6,10,16H,2-4,7-8,13H2,1H3. The zero-order valence-corrected chi connectivity index (χ0v) is 9.69. The van der Waals surface area contributed by atoms with Crippen LogP contribution in [0.25, 0.3) is 0 Å². The fourth-order valence-corrected chi connectivity index (χ4v) is 2.05. The Bertz CT molecular complexity index is 363. The molecular formula is C12H19N3O. The minimum Gasteiger partial charge on any atom is -0.396 e. The normalized spacial score (nSPS) is 15.9. The second-order valence-electron chi connectivity index (χ2n) is 4.37. The molecule has 1 aromatic heterocycles. The van der Waals surface area contributed by atoms with Crippen molar-refractivity contribution in [1.29, 1.82) is 0 Å². The minimum absolute atomic E-state index is 0.144. The third-order valence-corrected chi connectivity index (χ3v) is 3.17. The molecule has 3 N–H and O–H groups in total. The van der Waals surface area contributed by atoms with Crippen molar-refractivity contribution in [3.05, 3.63) is 17.8 Å². The molecule has 0 unspecified atom stereocenters. The molecule has 0 aliphatic heterocycles. The van der Waals surface area contributed by atoms with Crippen LogP contribution in [0.4, 0.5) is 11.5 Å². The van der Waals surface area contributed by atoms with Crippen LogP contribution in [-0.4, -0.2) is 29.3 Å². The van der Waals surface area contributed by atoms with Crippen LogP contribution in [0, 0.1) is 6.92 Å². The average molecular weight is 221 g/mol. The summed E-state index contributed by atoms with van der Waals surface area (Å²) in [6.45, 7) is 2.72. The van der Waals surface area contributed by atoms with Gasteiger partial charge < -0.3 is 15.7 Å². The van der Waals surface area contributed by atoms with Crippen LogP contribution < -0.4 is 10.6 Å². The van der Waals surface area contributed by atoms with E-state index in [0.717, 1.165) is 11.5 Å². The van der Waals surface area contributed by atoms with E-state index >= 15 is 0 Å². The van der Waals surface area contributed by atoms with Gasteiger partial charge in [0.1, 0.15) is 0 Å². The molecule has 0 saturated heterocycles. The summed E-state index contributed by atoms with van der Waals surface area (Å²) < 4.78 is 0. The molecule has 1 fully saturated rings. The SMILES string of the molecule is Cc1ccc(N)c(N(CCO)C2CCC2)n1. The van der Waals surface area contributed by atoms with Crippen molar-refractivity contribution in [1.82, 2.24) is 4.98 Å². The molecule has 1 aliphatic carbocycles. The van der Waals surface area contributed by atoms with Crippen molar-refractivity contribution in [3.63, 3.8) is 0 Å². The first-order valence-electron chi connectivity index (χ1n) is 5.83. The quantitative estimate of drug-likeness (QED) is 0.805. The molecule has 0 spiro atoms. The summed E-state index contributed by atoms with van der Waals surface area (Å²) >= 11 is 0. The van der Waals surface area contributed by atoms with Crippen LogP contribution >= 0.6 is 0 Å². The van der Waals surface area contributed by atoms with E-state index in [1.807, 2.05) is 19.1 Å². The van der Waals surface area contributed by atoms with E-state index in [0.29, 0.717) is 18.3 Å². The summed E-state index contributed by atoms with van der Waals surface area (Å²) in [5.41, 5.74) is 7.62. The number of hydrogen-bond acceptors (Lipinski definition) is 4. The Morgan fingerprint density at radius 3 is 2.81 bits per heavy atom. The van der Waals surface area contributed by atoms with Gasteiger partial charge in [-0.1, -0.05) is 0 Å². The van der Waals surface area contributed by atoms with Crippen LogP contribution in [-0.2, 0) is 0 Å². The van der Waals surface area contributed by atoms with Crippen molar-refractivity contribution >= 4 is 11.5 Å². The van der Waals surface area contributed by atoms with Crippen LogP contribution in [0.2, 0.25) is 0 Å². The molecule has 2 rings (SSSR count). The van der Waals surface area contributed by atoms with E-state index in [-0.39, 0.29) is 6.61 Å². The minimum atomic E-state index is 0.144. The Morgan fingerprint density at radius 1 is 1.50 bits per heavy atom. The van der Waals surface area contributed by atoms with Crippen LogP contribution in [0.1, 0.15) is 25.0 Å². The fraction of sp³-hybridized carbons (Fsp3) is 0.583. The van der Waals surface area contributed by atoms with Crippen molar-refractivity contribution in [3.8, 4) is 0 Å². The van der Waals surface area contributed by atoms with E-state index in [2.05, 4.69) is 9.88 Å². The van der Waals surface area contributed by atoms with Crippen molar-refractivity contribution in [2.24, 2.45) is 0 Å². The van der Waals surface area contributed by atoms with Crippen molar-refractivity contribution in [2.45, 2.75) is 32.2 Å². The molecule has 4 nitrogen and oxygen atoms in total. The van der Waals surface area contributed by atoms with E-state index in [1.165, 1.54) is 19.3 Å². The number of aryl methyl sites for hydroxylation is 1. The number of anilines is 2. The third-order valence-electron chi connectivity index (χ3n) is 3.17. The fourth-order valence-electron chi connectivity index (χ4n) is 2.05. The van der Waals surface area contributed by atoms with Gasteiger partial charge in [0.2, 0.25) is 0 Å². The maximum atomic E-state index is 9.12. The molecule has 4 heteroatoms. The molecule has 1 aromatic rings. The molecule has 1 heterocycles. The van der Waals surface area contributed by atoms with Gasteiger partial charge in [0.05, 0.1) is 12.3 Å². The van der Waals surface area contributed by atoms with E-state index in [4.69, 9.17) is 10.8 Å². The van der Waals surface area contributed by atoms with Crippen LogP contribution in [0.3, 0.4) is 0 Å². The Labute approximate surface area is 96.1 Å². The number of nitrogens with two attached hydrogens (primary N) is 1. The summed E-state index contributed by atoms with van der Waals surface area (Å²) in [5, 5.41) is 9.12. The number of hydrogen-bond donors (Lipinski definition) is 2. The highest BCUT2D eigenvalue weighted by atomic mass is 16.3. The molecule has 16 heavy (non-hydrogen) atoms. The number of nitrogen functional groups attached to an aromatic ring is 1. The molecule has 1 saturated carbocycles. The third kappa shape index (κ3) is 2.11. The molecule has 1 aliphatic rings. The van der Waals surface area contributed by atoms with Gasteiger partial charge in [0.15, 0.2) is 5.82 Å². The molecule has 0 amide bonds. The lowest BCUT2D eigenvalue weighted by Gasteiger charge is -2.38. The van der Waals surface area contributed by atoms with Gasteiger partial charge in [-0.15, -0.1) is 0 Å².